The summed E-state index contributed by atoms with van der Waals surface area (Å²) >= 11 is 12.5. The molecule has 4 rings (SSSR count). The van der Waals surface area contributed by atoms with Gasteiger partial charge in [0.25, 0.3) is 10.0 Å². The van der Waals surface area contributed by atoms with E-state index in [9.17, 15) is 18.0 Å². The van der Waals surface area contributed by atoms with Crippen molar-refractivity contribution >= 4 is 50.7 Å². The molecule has 0 aliphatic carbocycles. The summed E-state index contributed by atoms with van der Waals surface area (Å²) in [6, 6.07) is 27.0. The predicted molar refractivity (Wildman–Crippen MR) is 186 cm³/mol. The fourth-order valence-corrected chi connectivity index (χ4v) is 6.57. The number of carbonyl (C=O) groups is 2. The van der Waals surface area contributed by atoms with Gasteiger partial charge in [0.1, 0.15) is 12.6 Å². The Morgan fingerprint density at radius 1 is 0.783 bits per heavy atom. The van der Waals surface area contributed by atoms with Crippen LogP contribution >= 0.6 is 23.2 Å². The van der Waals surface area contributed by atoms with Gasteiger partial charge in [0.05, 0.1) is 20.6 Å². The van der Waals surface area contributed by atoms with Crippen LogP contribution in [0.15, 0.2) is 102 Å². The maximum atomic E-state index is 14.5. The lowest BCUT2D eigenvalue weighted by molar-refractivity contribution is -0.140. The summed E-state index contributed by atoms with van der Waals surface area (Å²) in [4.78, 5) is 29.9. The first-order valence-electron chi connectivity index (χ1n) is 15.1. The highest BCUT2D eigenvalue weighted by Crippen LogP contribution is 2.31. The molecule has 1 N–H and O–H groups in total. The minimum absolute atomic E-state index is 0.0116. The molecule has 0 radical (unpaired) electrons. The Morgan fingerprint density at radius 3 is 1.98 bits per heavy atom. The van der Waals surface area contributed by atoms with Crippen molar-refractivity contribution in [2.24, 2.45) is 5.92 Å². The number of benzene rings is 4. The highest BCUT2D eigenvalue weighted by molar-refractivity contribution is 7.92. The van der Waals surface area contributed by atoms with Gasteiger partial charge < -0.3 is 10.2 Å². The molecule has 2 amide bonds. The van der Waals surface area contributed by atoms with Crippen LogP contribution in [0, 0.1) is 19.8 Å². The van der Waals surface area contributed by atoms with Crippen LogP contribution in [0.4, 0.5) is 5.69 Å². The van der Waals surface area contributed by atoms with Gasteiger partial charge in [-0.1, -0.05) is 115 Å². The molecule has 0 fully saturated rings. The van der Waals surface area contributed by atoms with Crippen molar-refractivity contribution in [2.45, 2.75) is 51.6 Å². The molecule has 0 saturated carbocycles. The minimum atomic E-state index is -4.25. The van der Waals surface area contributed by atoms with Gasteiger partial charge >= 0.3 is 0 Å². The van der Waals surface area contributed by atoms with E-state index in [1.54, 1.807) is 12.1 Å². The third kappa shape index (κ3) is 9.12. The largest absolute Gasteiger partial charge is 0.354 e. The summed E-state index contributed by atoms with van der Waals surface area (Å²) in [6.07, 6.45) is 0.236. The average Bonchev–Trinajstić information content (AvgIpc) is 3.03. The average molecular weight is 681 g/mol. The van der Waals surface area contributed by atoms with E-state index in [1.165, 1.54) is 35.2 Å². The molecular weight excluding hydrogens is 641 g/mol. The zero-order chi connectivity index (χ0) is 33.4. The molecule has 7 nitrogen and oxygen atoms in total. The third-order valence-corrected chi connectivity index (χ3v) is 10.0. The summed E-state index contributed by atoms with van der Waals surface area (Å²) in [5.74, 6) is -0.684. The summed E-state index contributed by atoms with van der Waals surface area (Å²) in [5, 5.41) is 3.38. The highest BCUT2D eigenvalue weighted by atomic mass is 35.5. The Balaban J connectivity index is 1.81. The zero-order valence-corrected chi connectivity index (χ0v) is 28.7. The van der Waals surface area contributed by atoms with Crippen LogP contribution < -0.4 is 9.62 Å². The Morgan fingerprint density at radius 2 is 1.39 bits per heavy atom. The van der Waals surface area contributed by atoms with Gasteiger partial charge in [0.15, 0.2) is 0 Å². The SMILES string of the molecule is Cc1ccc(CN(C(=O)CN(c2ccc(Cl)c(Cl)c2)S(=O)(=O)c2ccc(C)cc2)[C@H](Cc2ccccc2)C(=O)NCC(C)C)cc1. The molecule has 0 aromatic heterocycles. The quantitative estimate of drug-likeness (QED) is 0.162. The molecule has 242 valence electrons. The minimum Gasteiger partial charge on any atom is -0.354 e. The summed E-state index contributed by atoms with van der Waals surface area (Å²) < 4.78 is 29.4. The molecule has 0 bridgehead atoms. The monoisotopic (exact) mass is 679 g/mol. The van der Waals surface area contributed by atoms with E-state index < -0.39 is 28.5 Å². The summed E-state index contributed by atoms with van der Waals surface area (Å²) in [7, 11) is -4.25. The molecule has 4 aromatic rings. The van der Waals surface area contributed by atoms with E-state index in [4.69, 9.17) is 23.2 Å². The van der Waals surface area contributed by atoms with Crippen LogP contribution in [0.3, 0.4) is 0 Å². The van der Waals surface area contributed by atoms with E-state index in [1.807, 2.05) is 82.3 Å². The second-order valence-electron chi connectivity index (χ2n) is 11.8. The van der Waals surface area contributed by atoms with E-state index in [0.717, 1.165) is 26.6 Å². The lowest BCUT2D eigenvalue weighted by Crippen LogP contribution is -2.53. The second kappa shape index (κ2) is 15.6. The third-order valence-electron chi connectivity index (χ3n) is 7.51. The number of nitrogens with zero attached hydrogens (tertiary/aromatic N) is 2. The first-order chi connectivity index (χ1) is 21.8. The second-order valence-corrected chi connectivity index (χ2v) is 14.5. The molecule has 46 heavy (non-hydrogen) atoms. The molecule has 0 spiro atoms. The van der Waals surface area contributed by atoms with Gasteiger partial charge in [-0.15, -0.1) is 0 Å². The van der Waals surface area contributed by atoms with Gasteiger partial charge in [-0.25, -0.2) is 8.42 Å². The number of amides is 2. The van der Waals surface area contributed by atoms with Crippen molar-refractivity contribution in [3.05, 3.63) is 129 Å². The fraction of sp³-hybridized carbons (Fsp3) is 0.278. The van der Waals surface area contributed by atoms with Crippen LogP contribution in [-0.4, -0.2) is 44.3 Å². The number of carbonyl (C=O) groups excluding carboxylic acids is 2. The first kappa shape index (κ1) is 35.0. The maximum absolute atomic E-state index is 14.5. The normalized spacial score (nSPS) is 12.1. The number of hydrogen-bond acceptors (Lipinski definition) is 4. The van der Waals surface area contributed by atoms with Crippen molar-refractivity contribution in [2.75, 3.05) is 17.4 Å². The Hall–Kier alpha value is -3.85. The Bertz CT molecular complexity index is 1750. The van der Waals surface area contributed by atoms with Crippen LogP contribution in [-0.2, 0) is 32.6 Å². The smallest absolute Gasteiger partial charge is 0.264 e. The zero-order valence-electron chi connectivity index (χ0n) is 26.4. The van der Waals surface area contributed by atoms with Gasteiger partial charge in [0, 0.05) is 19.5 Å². The van der Waals surface area contributed by atoms with Crippen molar-refractivity contribution < 1.29 is 18.0 Å². The van der Waals surface area contributed by atoms with Crippen LogP contribution in [0.25, 0.3) is 0 Å². The van der Waals surface area contributed by atoms with Gasteiger partial charge in [-0.05, 0) is 61.2 Å². The topological polar surface area (TPSA) is 86.8 Å². The number of nitrogens with one attached hydrogen (secondary N) is 1. The van der Waals surface area contributed by atoms with E-state index in [-0.39, 0.29) is 45.4 Å². The Labute approximate surface area is 282 Å². The van der Waals surface area contributed by atoms with Crippen molar-refractivity contribution in [1.29, 1.82) is 0 Å². The Kier molecular flexibility index (Phi) is 11.9. The van der Waals surface area contributed by atoms with Crippen LogP contribution in [0.2, 0.25) is 10.0 Å². The van der Waals surface area contributed by atoms with Crippen molar-refractivity contribution in [3.63, 3.8) is 0 Å². The van der Waals surface area contributed by atoms with Crippen molar-refractivity contribution in [1.82, 2.24) is 10.2 Å². The van der Waals surface area contributed by atoms with Gasteiger partial charge in [0.2, 0.25) is 11.8 Å². The first-order valence-corrected chi connectivity index (χ1v) is 17.3. The van der Waals surface area contributed by atoms with E-state index in [2.05, 4.69) is 5.32 Å². The number of rotatable bonds is 13. The molecule has 0 saturated heterocycles. The van der Waals surface area contributed by atoms with Crippen molar-refractivity contribution in [3.8, 4) is 0 Å². The van der Waals surface area contributed by atoms with Crippen LogP contribution in [0.1, 0.15) is 36.1 Å². The molecular formula is C36H39Cl2N3O4S. The van der Waals surface area contributed by atoms with Gasteiger partial charge in [-0.2, -0.15) is 0 Å². The molecule has 0 aliphatic rings. The maximum Gasteiger partial charge on any atom is 0.264 e. The molecule has 10 heteroatoms. The predicted octanol–water partition coefficient (Wildman–Crippen LogP) is 7.22. The number of anilines is 1. The van der Waals surface area contributed by atoms with E-state index >= 15 is 0 Å². The van der Waals surface area contributed by atoms with Crippen LogP contribution in [0.5, 0.6) is 0 Å². The summed E-state index contributed by atoms with van der Waals surface area (Å²) in [5.41, 5.74) is 3.77. The number of halogens is 2. The molecule has 0 heterocycles. The fourth-order valence-electron chi connectivity index (χ4n) is 4.87. The molecule has 0 aliphatic heterocycles. The number of aryl methyl sites for hydroxylation is 2. The lowest BCUT2D eigenvalue weighted by Gasteiger charge is -2.34. The number of sulfonamides is 1. The molecule has 1 atom stereocenters. The summed E-state index contributed by atoms with van der Waals surface area (Å²) in [6.45, 7) is 7.74. The van der Waals surface area contributed by atoms with Gasteiger partial charge in [-0.3, -0.25) is 13.9 Å². The highest BCUT2D eigenvalue weighted by Gasteiger charge is 2.35. The standard InChI is InChI=1S/C36H39Cl2N3O4S/c1-25(2)22-39-36(43)34(20-28-8-6-5-7-9-28)40(23-29-14-10-26(3)11-15-29)35(42)24-41(30-16-19-32(37)33(38)21-30)46(44,45)31-17-12-27(4)13-18-31/h5-19,21,25,34H,20,22-24H2,1-4H3,(H,39,43)/t34-/m1/s1. The molecule has 4 aromatic carbocycles. The van der Waals surface area contributed by atoms with E-state index in [0.29, 0.717) is 6.54 Å². The molecule has 0 unspecified atom stereocenters. The lowest BCUT2D eigenvalue weighted by atomic mass is 10.0. The number of hydrogen-bond donors (Lipinski definition) is 1.